The number of carbonyl (C=O) groups excluding carboxylic acids is 1. The third kappa shape index (κ3) is 3.04. The van der Waals surface area contributed by atoms with Crippen molar-refractivity contribution in [3.63, 3.8) is 0 Å². The average Bonchev–Trinajstić information content (AvgIpc) is 2.47. The highest BCUT2D eigenvalue weighted by atomic mass is 16.6. The number of nitriles is 1. The average molecular weight is 282 g/mol. The lowest BCUT2D eigenvalue weighted by molar-refractivity contribution is -0.385. The zero-order chi connectivity index (χ0) is 15.4. The number of hydrogen-bond acceptors (Lipinski definition) is 5. The Labute approximate surface area is 120 Å². The molecule has 2 rings (SSSR count). The van der Waals surface area contributed by atoms with E-state index in [2.05, 4.69) is 0 Å². The van der Waals surface area contributed by atoms with Crippen LogP contribution in [0.1, 0.15) is 21.5 Å². The molecule has 0 N–H and O–H groups in total. The summed E-state index contributed by atoms with van der Waals surface area (Å²) in [5, 5.41) is 19.7. The Morgan fingerprint density at radius 1 is 1.29 bits per heavy atom. The van der Waals surface area contributed by atoms with Gasteiger partial charge in [0, 0.05) is 11.6 Å². The number of ether oxygens (including phenoxy) is 1. The fraction of sp³-hybridized carbons (Fsp3) is 0.0667. The van der Waals surface area contributed by atoms with Gasteiger partial charge < -0.3 is 4.74 Å². The van der Waals surface area contributed by atoms with Gasteiger partial charge in [-0.15, -0.1) is 0 Å². The van der Waals surface area contributed by atoms with Gasteiger partial charge >= 0.3 is 5.97 Å². The van der Waals surface area contributed by atoms with Crippen molar-refractivity contribution in [1.82, 2.24) is 0 Å². The molecule has 0 saturated carbocycles. The summed E-state index contributed by atoms with van der Waals surface area (Å²) in [7, 11) is 0. The number of nitro groups is 1. The van der Waals surface area contributed by atoms with Crippen LogP contribution in [0.4, 0.5) is 5.69 Å². The van der Waals surface area contributed by atoms with E-state index >= 15 is 0 Å². The van der Waals surface area contributed by atoms with Crippen LogP contribution in [0.25, 0.3) is 0 Å². The van der Waals surface area contributed by atoms with E-state index in [0.29, 0.717) is 5.56 Å². The van der Waals surface area contributed by atoms with Gasteiger partial charge in [0.1, 0.15) is 11.8 Å². The van der Waals surface area contributed by atoms with E-state index in [1.165, 1.54) is 37.3 Å². The van der Waals surface area contributed by atoms with Crippen molar-refractivity contribution in [2.24, 2.45) is 0 Å². The molecule has 104 valence electrons. The zero-order valence-electron chi connectivity index (χ0n) is 11.1. The molecule has 0 bridgehead atoms. The van der Waals surface area contributed by atoms with E-state index in [-0.39, 0.29) is 22.6 Å². The molecular formula is C15H10N2O4. The van der Waals surface area contributed by atoms with Crippen LogP contribution < -0.4 is 4.74 Å². The quantitative estimate of drug-likeness (QED) is 0.373. The third-order valence-electron chi connectivity index (χ3n) is 2.84. The molecule has 21 heavy (non-hydrogen) atoms. The molecule has 6 nitrogen and oxygen atoms in total. The van der Waals surface area contributed by atoms with Crippen LogP contribution >= 0.6 is 0 Å². The molecule has 2 aromatic rings. The fourth-order valence-electron chi connectivity index (χ4n) is 1.79. The number of rotatable bonds is 3. The molecule has 0 aliphatic heterocycles. The molecular weight excluding hydrogens is 272 g/mol. The van der Waals surface area contributed by atoms with Crippen molar-refractivity contribution >= 4 is 11.7 Å². The molecule has 6 heteroatoms. The maximum absolute atomic E-state index is 12.0. The molecule has 0 aliphatic carbocycles. The Morgan fingerprint density at radius 2 is 2.00 bits per heavy atom. The monoisotopic (exact) mass is 282 g/mol. The fourth-order valence-corrected chi connectivity index (χ4v) is 1.79. The van der Waals surface area contributed by atoms with Crippen LogP contribution in [0.5, 0.6) is 5.75 Å². The number of carbonyl (C=O) groups is 1. The minimum absolute atomic E-state index is 0.0658. The second-order valence-electron chi connectivity index (χ2n) is 4.26. The summed E-state index contributed by atoms with van der Waals surface area (Å²) in [6, 6.07) is 12.2. The molecule has 0 heterocycles. The molecule has 0 unspecified atom stereocenters. The van der Waals surface area contributed by atoms with Gasteiger partial charge in [-0.25, -0.2) is 4.79 Å². The molecule has 0 atom stereocenters. The molecule has 0 fully saturated rings. The van der Waals surface area contributed by atoms with Gasteiger partial charge in [-0.3, -0.25) is 10.1 Å². The second kappa shape index (κ2) is 5.84. The number of hydrogen-bond donors (Lipinski definition) is 0. The minimum Gasteiger partial charge on any atom is -0.422 e. The summed E-state index contributed by atoms with van der Waals surface area (Å²) in [6.07, 6.45) is 0. The Balaban J connectivity index is 2.27. The van der Waals surface area contributed by atoms with Gasteiger partial charge in [-0.1, -0.05) is 12.1 Å². The molecule has 2 aromatic carbocycles. The Bertz CT molecular complexity index is 763. The number of nitrogens with zero attached hydrogens (tertiary/aromatic N) is 2. The van der Waals surface area contributed by atoms with Crippen molar-refractivity contribution in [1.29, 1.82) is 5.26 Å². The highest BCUT2D eigenvalue weighted by molar-refractivity contribution is 5.91. The largest absolute Gasteiger partial charge is 0.422 e. The van der Waals surface area contributed by atoms with Gasteiger partial charge in [0.2, 0.25) is 0 Å². The molecule has 0 aromatic heterocycles. The van der Waals surface area contributed by atoms with Crippen LogP contribution in [-0.4, -0.2) is 10.9 Å². The second-order valence-corrected chi connectivity index (χ2v) is 4.26. The Kier molecular flexibility index (Phi) is 3.95. The lowest BCUT2D eigenvalue weighted by atomic mass is 10.1. The summed E-state index contributed by atoms with van der Waals surface area (Å²) in [4.78, 5) is 22.2. The first-order valence-corrected chi connectivity index (χ1v) is 5.99. The topological polar surface area (TPSA) is 93.2 Å². The van der Waals surface area contributed by atoms with E-state index in [0.717, 1.165) is 0 Å². The van der Waals surface area contributed by atoms with E-state index < -0.39 is 10.9 Å². The van der Waals surface area contributed by atoms with Crippen molar-refractivity contribution < 1.29 is 14.5 Å². The third-order valence-corrected chi connectivity index (χ3v) is 2.84. The highest BCUT2D eigenvalue weighted by Crippen LogP contribution is 2.21. The maximum atomic E-state index is 12.0. The molecule has 0 aliphatic rings. The first-order valence-electron chi connectivity index (χ1n) is 5.99. The Morgan fingerprint density at radius 3 is 2.62 bits per heavy atom. The van der Waals surface area contributed by atoms with Crippen LogP contribution in [0.2, 0.25) is 0 Å². The van der Waals surface area contributed by atoms with Crippen molar-refractivity contribution in [3.05, 3.63) is 69.3 Å². The minimum atomic E-state index is -0.671. The van der Waals surface area contributed by atoms with Crippen LogP contribution in [0.3, 0.4) is 0 Å². The summed E-state index contributed by atoms with van der Waals surface area (Å²) in [5.74, 6) is -0.517. The molecule has 0 spiro atoms. The van der Waals surface area contributed by atoms with Gasteiger partial charge in [0.15, 0.2) is 0 Å². The number of aryl methyl sites for hydroxylation is 1. The van der Waals surface area contributed by atoms with Gasteiger partial charge in [0.25, 0.3) is 5.69 Å². The van der Waals surface area contributed by atoms with Crippen LogP contribution in [-0.2, 0) is 0 Å². The van der Waals surface area contributed by atoms with Gasteiger partial charge in [-0.2, -0.15) is 5.26 Å². The summed E-state index contributed by atoms with van der Waals surface area (Å²) in [6.45, 7) is 1.54. The normalized spacial score (nSPS) is 9.71. The van der Waals surface area contributed by atoms with E-state index in [4.69, 9.17) is 10.00 Å². The first kappa shape index (κ1) is 14.2. The van der Waals surface area contributed by atoms with E-state index in [9.17, 15) is 14.9 Å². The van der Waals surface area contributed by atoms with Crippen molar-refractivity contribution in [2.45, 2.75) is 6.92 Å². The van der Waals surface area contributed by atoms with E-state index in [1.807, 2.05) is 6.07 Å². The van der Waals surface area contributed by atoms with Crippen LogP contribution in [0, 0.1) is 28.4 Å². The Hall–Kier alpha value is -3.20. The number of nitro benzene ring substituents is 1. The van der Waals surface area contributed by atoms with E-state index in [1.54, 1.807) is 12.1 Å². The standard InChI is InChI=1S/C15H10N2O4/c1-10-8-11(6-7-13(10)17(19)20)15(18)21-14-5-3-2-4-12(14)9-16/h2-8H,1H3. The SMILES string of the molecule is Cc1cc(C(=O)Oc2ccccc2C#N)ccc1[N+](=O)[O-]. The number of para-hydroxylation sites is 1. The predicted octanol–water partition coefficient (Wildman–Crippen LogP) is 2.99. The number of benzene rings is 2. The van der Waals surface area contributed by atoms with Gasteiger partial charge in [0.05, 0.1) is 16.1 Å². The molecule has 0 amide bonds. The van der Waals surface area contributed by atoms with Gasteiger partial charge in [-0.05, 0) is 31.2 Å². The summed E-state index contributed by atoms with van der Waals surface area (Å²) in [5.41, 5.74) is 0.724. The first-order chi connectivity index (χ1) is 10.0. The van der Waals surface area contributed by atoms with Crippen molar-refractivity contribution in [2.75, 3.05) is 0 Å². The predicted molar refractivity (Wildman–Crippen MR) is 73.9 cm³/mol. The molecule has 0 saturated heterocycles. The summed E-state index contributed by atoms with van der Waals surface area (Å²) >= 11 is 0. The highest BCUT2D eigenvalue weighted by Gasteiger charge is 2.16. The molecule has 0 radical (unpaired) electrons. The number of esters is 1. The smallest absolute Gasteiger partial charge is 0.343 e. The van der Waals surface area contributed by atoms with Crippen LogP contribution in [0.15, 0.2) is 42.5 Å². The lowest BCUT2D eigenvalue weighted by Crippen LogP contribution is -2.10. The summed E-state index contributed by atoms with van der Waals surface area (Å²) < 4.78 is 5.15. The zero-order valence-corrected chi connectivity index (χ0v) is 11.1. The lowest BCUT2D eigenvalue weighted by Gasteiger charge is -2.06. The van der Waals surface area contributed by atoms with Crippen molar-refractivity contribution in [3.8, 4) is 11.8 Å². The maximum Gasteiger partial charge on any atom is 0.343 e.